The standard InChI is InChI=1S/C7H14O2.C4H10O/c1-6(2)4-3-5-7(8)9;1-3-5-4-2/h6H,3-5H2,1-2H3,(H,8,9);3-4H2,1-2H3/p-1. The molecular weight excluding hydrogens is 180 g/mol. The first-order valence-corrected chi connectivity index (χ1v) is 5.32. The average Bonchev–Trinajstić information content (AvgIpc) is 2.05. The Morgan fingerprint density at radius 1 is 1.29 bits per heavy atom. The van der Waals surface area contributed by atoms with Gasteiger partial charge in [-0.05, 0) is 32.6 Å². The molecule has 0 aromatic carbocycles. The molecule has 86 valence electrons. The van der Waals surface area contributed by atoms with Gasteiger partial charge < -0.3 is 14.6 Å². The summed E-state index contributed by atoms with van der Waals surface area (Å²) in [5, 5.41) is 9.87. The first-order valence-electron chi connectivity index (χ1n) is 5.32. The van der Waals surface area contributed by atoms with Crippen LogP contribution in [0.1, 0.15) is 47.0 Å². The van der Waals surface area contributed by atoms with Crippen molar-refractivity contribution in [3.8, 4) is 0 Å². The Hall–Kier alpha value is -0.570. The van der Waals surface area contributed by atoms with Crippen LogP contribution in [0.5, 0.6) is 0 Å². The van der Waals surface area contributed by atoms with Crippen LogP contribution in [0, 0.1) is 5.92 Å². The van der Waals surface area contributed by atoms with Crippen LogP contribution in [0.25, 0.3) is 0 Å². The largest absolute Gasteiger partial charge is 0.550 e. The van der Waals surface area contributed by atoms with E-state index < -0.39 is 5.97 Å². The minimum absolute atomic E-state index is 0.207. The zero-order chi connectivity index (χ0) is 11.4. The van der Waals surface area contributed by atoms with E-state index in [2.05, 4.69) is 13.8 Å². The highest BCUT2D eigenvalue weighted by Gasteiger charge is 1.92. The summed E-state index contributed by atoms with van der Waals surface area (Å²) >= 11 is 0. The van der Waals surface area contributed by atoms with Gasteiger partial charge in [0.1, 0.15) is 0 Å². The zero-order valence-electron chi connectivity index (χ0n) is 9.84. The smallest absolute Gasteiger partial charge is 0.0437 e. The van der Waals surface area contributed by atoms with Crippen LogP contribution in [0.2, 0.25) is 0 Å². The van der Waals surface area contributed by atoms with Gasteiger partial charge in [0, 0.05) is 19.2 Å². The molecule has 0 aliphatic carbocycles. The Balaban J connectivity index is 0. The lowest BCUT2D eigenvalue weighted by molar-refractivity contribution is -0.305. The Labute approximate surface area is 87.5 Å². The fourth-order valence-corrected chi connectivity index (χ4v) is 0.859. The highest BCUT2D eigenvalue weighted by atomic mass is 16.5. The molecule has 0 heterocycles. The molecule has 0 aromatic rings. The molecule has 0 bridgehead atoms. The zero-order valence-corrected chi connectivity index (χ0v) is 9.84. The third kappa shape index (κ3) is 22.5. The number of carboxylic acids is 1. The van der Waals surface area contributed by atoms with Gasteiger partial charge in [-0.25, -0.2) is 0 Å². The molecule has 0 N–H and O–H groups in total. The number of rotatable bonds is 6. The lowest BCUT2D eigenvalue weighted by atomic mass is 10.1. The molecule has 0 spiro atoms. The molecule has 14 heavy (non-hydrogen) atoms. The Bertz CT molecular complexity index is 120. The van der Waals surface area contributed by atoms with Crippen LogP contribution in [-0.4, -0.2) is 19.2 Å². The molecule has 3 nitrogen and oxygen atoms in total. The maximum atomic E-state index is 9.87. The van der Waals surface area contributed by atoms with Crippen LogP contribution in [0.3, 0.4) is 0 Å². The molecule has 3 heteroatoms. The summed E-state index contributed by atoms with van der Waals surface area (Å²) in [5.41, 5.74) is 0. The van der Waals surface area contributed by atoms with E-state index in [4.69, 9.17) is 4.74 Å². The van der Waals surface area contributed by atoms with Gasteiger partial charge in [-0.15, -0.1) is 0 Å². The Kier molecular flexibility index (Phi) is 14.1. The van der Waals surface area contributed by atoms with Crippen molar-refractivity contribution in [3.05, 3.63) is 0 Å². The van der Waals surface area contributed by atoms with Gasteiger partial charge in [0.2, 0.25) is 0 Å². The summed E-state index contributed by atoms with van der Waals surface area (Å²) in [4.78, 5) is 9.87. The van der Waals surface area contributed by atoms with E-state index >= 15 is 0 Å². The molecule has 0 aromatic heterocycles. The third-order valence-corrected chi connectivity index (χ3v) is 1.57. The van der Waals surface area contributed by atoms with Crippen LogP contribution in [0.4, 0.5) is 0 Å². The molecule has 0 aliphatic rings. The Morgan fingerprint density at radius 3 is 2.00 bits per heavy atom. The highest BCUT2D eigenvalue weighted by Crippen LogP contribution is 2.04. The lowest BCUT2D eigenvalue weighted by Crippen LogP contribution is -2.21. The van der Waals surface area contributed by atoms with E-state index in [0.29, 0.717) is 5.92 Å². The van der Waals surface area contributed by atoms with Crippen molar-refractivity contribution >= 4 is 5.97 Å². The second-order valence-electron chi connectivity index (χ2n) is 3.44. The second kappa shape index (κ2) is 12.4. The van der Waals surface area contributed by atoms with Crippen LogP contribution in [0.15, 0.2) is 0 Å². The van der Waals surface area contributed by atoms with Crippen molar-refractivity contribution < 1.29 is 14.6 Å². The van der Waals surface area contributed by atoms with Crippen LogP contribution >= 0.6 is 0 Å². The number of carbonyl (C=O) groups excluding carboxylic acids is 1. The molecular formula is C11H23O3-. The second-order valence-corrected chi connectivity index (χ2v) is 3.44. The van der Waals surface area contributed by atoms with Gasteiger partial charge in [0.25, 0.3) is 0 Å². The van der Waals surface area contributed by atoms with E-state index in [1.807, 2.05) is 13.8 Å². The van der Waals surface area contributed by atoms with Gasteiger partial charge in [0.15, 0.2) is 0 Å². The van der Waals surface area contributed by atoms with E-state index in [0.717, 1.165) is 26.1 Å². The predicted octanol–water partition coefficient (Wildman–Crippen LogP) is 1.61. The number of aliphatic carboxylic acids is 1. The molecule has 0 saturated carbocycles. The fraction of sp³-hybridized carbons (Fsp3) is 0.909. The minimum Gasteiger partial charge on any atom is -0.550 e. The Morgan fingerprint density at radius 2 is 1.79 bits per heavy atom. The number of ether oxygens (including phenoxy) is 1. The molecule has 0 rings (SSSR count). The first kappa shape index (κ1) is 15.9. The van der Waals surface area contributed by atoms with Gasteiger partial charge >= 0.3 is 0 Å². The normalized spacial score (nSPS) is 9.50. The van der Waals surface area contributed by atoms with E-state index in [1.54, 1.807) is 0 Å². The summed E-state index contributed by atoms with van der Waals surface area (Å²) in [6, 6.07) is 0. The van der Waals surface area contributed by atoms with Gasteiger partial charge in [-0.2, -0.15) is 0 Å². The first-order chi connectivity index (χ1) is 6.54. The molecule has 0 radical (unpaired) electrons. The van der Waals surface area contributed by atoms with E-state index in [1.165, 1.54) is 0 Å². The average molecular weight is 203 g/mol. The number of hydrogen-bond donors (Lipinski definition) is 0. The summed E-state index contributed by atoms with van der Waals surface area (Å²) in [5.74, 6) is -0.333. The van der Waals surface area contributed by atoms with Gasteiger partial charge in [-0.3, -0.25) is 0 Å². The summed E-state index contributed by atoms with van der Waals surface area (Å²) < 4.78 is 4.83. The maximum Gasteiger partial charge on any atom is 0.0437 e. The lowest BCUT2D eigenvalue weighted by Gasteiger charge is -2.03. The molecule has 0 saturated heterocycles. The van der Waals surface area contributed by atoms with E-state index in [9.17, 15) is 9.90 Å². The molecule has 0 unspecified atom stereocenters. The topological polar surface area (TPSA) is 49.4 Å². The monoisotopic (exact) mass is 203 g/mol. The number of hydrogen-bond acceptors (Lipinski definition) is 3. The maximum absolute atomic E-state index is 9.87. The number of carbonyl (C=O) groups is 1. The van der Waals surface area contributed by atoms with Crippen LogP contribution < -0.4 is 5.11 Å². The summed E-state index contributed by atoms with van der Waals surface area (Å²) in [6.45, 7) is 9.82. The fourth-order valence-electron chi connectivity index (χ4n) is 0.859. The van der Waals surface area contributed by atoms with Crippen molar-refractivity contribution in [2.45, 2.75) is 47.0 Å². The quantitative estimate of drug-likeness (QED) is 0.659. The molecule has 0 amide bonds. The molecule has 0 atom stereocenters. The summed E-state index contributed by atoms with van der Waals surface area (Å²) in [7, 11) is 0. The van der Waals surface area contributed by atoms with Crippen molar-refractivity contribution in [1.82, 2.24) is 0 Å². The summed E-state index contributed by atoms with van der Waals surface area (Å²) in [6.07, 6.45) is 1.94. The van der Waals surface area contributed by atoms with Crippen molar-refractivity contribution in [3.63, 3.8) is 0 Å². The van der Waals surface area contributed by atoms with Gasteiger partial charge in [-0.1, -0.05) is 20.3 Å². The predicted molar refractivity (Wildman–Crippen MR) is 55.9 cm³/mol. The third-order valence-electron chi connectivity index (χ3n) is 1.57. The van der Waals surface area contributed by atoms with Gasteiger partial charge in [0.05, 0.1) is 0 Å². The van der Waals surface area contributed by atoms with Crippen molar-refractivity contribution in [2.24, 2.45) is 5.92 Å². The SMILES string of the molecule is CC(C)CCCC(=O)[O-].CCOCC. The minimum atomic E-state index is -0.935. The highest BCUT2D eigenvalue weighted by molar-refractivity contribution is 5.64. The van der Waals surface area contributed by atoms with Crippen molar-refractivity contribution in [1.29, 1.82) is 0 Å². The van der Waals surface area contributed by atoms with Crippen molar-refractivity contribution in [2.75, 3.05) is 13.2 Å². The van der Waals surface area contributed by atoms with E-state index in [-0.39, 0.29) is 6.42 Å². The molecule has 0 fully saturated rings. The number of carboxylic acid groups (broad SMARTS) is 1. The molecule has 0 aliphatic heterocycles. The van der Waals surface area contributed by atoms with Crippen LogP contribution in [-0.2, 0) is 9.53 Å².